The standard InChI is InChI=1S/C33H28BrFO6Si/c1-2-42(24-14-5-3-6-15-24,25-16-7-4-8-17-25)37-21-28-29-30(40-32(39-29)26-18-9-10-19-27(26)34)33(38-28)41-31(36)22-12-11-13-23(35)20-22/h2-20,28-30,32-33H,1,21H2/t28-,29-,30-,32?,33-/m1/s1. The number of hydrogen-bond acceptors (Lipinski definition) is 6. The lowest BCUT2D eigenvalue weighted by Crippen LogP contribution is -2.60. The second kappa shape index (κ2) is 12.4. The number of fused-ring (bicyclic) bond motifs is 1. The highest BCUT2D eigenvalue weighted by atomic mass is 79.9. The molecule has 6 rings (SSSR count). The summed E-state index contributed by atoms with van der Waals surface area (Å²) in [5, 5.41) is 2.06. The van der Waals surface area contributed by atoms with Crippen LogP contribution in [-0.4, -0.2) is 45.5 Å². The lowest BCUT2D eigenvalue weighted by molar-refractivity contribution is -0.191. The highest BCUT2D eigenvalue weighted by Gasteiger charge is 2.55. The molecular formula is C33H28BrFO6Si. The van der Waals surface area contributed by atoms with Crippen LogP contribution in [0.2, 0.25) is 0 Å². The summed E-state index contributed by atoms with van der Waals surface area (Å²) in [6.45, 7) is 4.32. The SMILES string of the molecule is C=C[Si](OC[C@H]1O[C@H](OC(=O)c2cccc(F)c2)[C@@H]2OC(c3ccccc3Br)O[C@@H]21)(c1ccccc1)c1ccccc1. The summed E-state index contributed by atoms with van der Waals surface area (Å²) in [6, 6.07) is 32.9. The molecule has 0 bridgehead atoms. The van der Waals surface area contributed by atoms with Crippen molar-refractivity contribution in [2.45, 2.75) is 30.9 Å². The van der Waals surface area contributed by atoms with Gasteiger partial charge in [0.15, 0.2) is 12.4 Å². The molecule has 9 heteroatoms. The second-order valence-corrected chi connectivity index (χ2v) is 14.2. The number of benzene rings is 4. The smallest absolute Gasteiger partial charge is 0.340 e. The number of carbonyl (C=O) groups is 1. The number of halogens is 2. The summed E-state index contributed by atoms with van der Waals surface area (Å²) in [4.78, 5) is 13.0. The van der Waals surface area contributed by atoms with Crippen molar-refractivity contribution in [2.75, 3.05) is 6.61 Å². The molecule has 2 heterocycles. The molecule has 4 aromatic rings. The molecule has 2 fully saturated rings. The average Bonchev–Trinajstić information content (AvgIpc) is 3.59. The maximum Gasteiger partial charge on any atom is 0.340 e. The first-order valence-corrected chi connectivity index (χ1v) is 16.3. The van der Waals surface area contributed by atoms with Gasteiger partial charge in [-0.15, -0.1) is 6.58 Å². The average molecular weight is 648 g/mol. The van der Waals surface area contributed by atoms with Gasteiger partial charge in [0, 0.05) is 10.0 Å². The van der Waals surface area contributed by atoms with E-state index in [1.54, 1.807) is 0 Å². The zero-order chi connectivity index (χ0) is 29.1. The van der Waals surface area contributed by atoms with Gasteiger partial charge < -0.3 is 23.4 Å². The van der Waals surface area contributed by atoms with Crippen LogP contribution in [-0.2, 0) is 23.4 Å². The fourth-order valence-corrected chi connectivity index (χ4v) is 8.89. The number of carbonyl (C=O) groups excluding carboxylic acids is 1. The molecule has 4 aromatic carbocycles. The van der Waals surface area contributed by atoms with Crippen LogP contribution in [0.25, 0.3) is 0 Å². The first kappa shape index (κ1) is 28.7. The third kappa shape index (κ3) is 5.64. The van der Waals surface area contributed by atoms with Crippen molar-refractivity contribution in [3.05, 3.63) is 143 Å². The molecule has 0 aromatic heterocycles. The van der Waals surface area contributed by atoms with Crippen molar-refractivity contribution in [3.8, 4) is 0 Å². The van der Waals surface area contributed by atoms with E-state index in [1.807, 2.05) is 90.6 Å². The summed E-state index contributed by atoms with van der Waals surface area (Å²) < 4.78 is 46.1. The molecule has 0 amide bonds. The van der Waals surface area contributed by atoms with Gasteiger partial charge in [-0.1, -0.05) is 107 Å². The van der Waals surface area contributed by atoms with Gasteiger partial charge >= 0.3 is 5.97 Å². The summed E-state index contributed by atoms with van der Waals surface area (Å²) in [5.74, 6) is -1.26. The maximum atomic E-state index is 13.8. The molecule has 0 radical (unpaired) electrons. The zero-order valence-corrected chi connectivity index (χ0v) is 25.1. The van der Waals surface area contributed by atoms with Crippen LogP contribution >= 0.6 is 15.9 Å². The minimum absolute atomic E-state index is 0.0716. The molecule has 1 unspecified atom stereocenters. The van der Waals surface area contributed by atoms with E-state index in [-0.39, 0.29) is 12.2 Å². The predicted octanol–water partition coefficient (Wildman–Crippen LogP) is 5.45. The predicted molar refractivity (Wildman–Crippen MR) is 161 cm³/mol. The van der Waals surface area contributed by atoms with E-state index >= 15 is 0 Å². The Labute approximate surface area is 252 Å². The van der Waals surface area contributed by atoms with Crippen LogP contribution in [0, 0.1) is 5.82 Å². The lowest BCUT2D eigenvalue weighted by atomic mass is 10.1. The van der Waals surface area contributed by atoms with Crippen LogP contribution in [0.5, 0.6) is 0 Å². The molecule has 5 atom stereocenters. The summed E-state index contributed by atoms with van der Waals surface area (Å²) >= 11 is 3.57. The lowest BCUT2D eigenvalue weighted by Gasteiger charge is -2.31. The number of hydrogen-bond donors (Lipinski definition) is 0. The second-order valence-electron chi connectivity index (χ2n) is 10.00. The molecule has 6 nitrogen and oxygen atoms in total. The quantitative estimate of drug-likeness (QED) is 0.178. The summed E-state index contributed by atoms with van der Waals surface area (Å²) in [5.41, 5.74) is 2.77. The number of rotatable bonds is 9. The molecule has 2 aliphatic rings. The van der Waals surface area contributed by atoms with E-state index in [0.29, 0.717) is 0 Å². The molecule has 2 aliphatic heterocycles. The van der Waals surface area contributed by atoms with Gasteiger partial charge in [-0.05, 0) is 34.6 Å². The van der Waals surface area contributed by atoms with Crippen molar-refractivity contribution in [2.24, 2.45) is 0 Å². The normalized spacial score (nSPS) is 23.3. The minimum atomic E-state index is -2.91. The monoisotopic (exact) mass is 646 g/mol. The molecule has 0 spiro atoms. The van der Waals surface area contributed by atoms with Gasteiger partial charge in [0.25, 0.3) is 8.32 Å². The van der Waals surface area contributed by atoms with Crippen molar-refractivity contribution >= 4 is 40.6 Å². The number of esters is 1. The zero-order valence-electron chi connectivity index (χ0n) is 22.5. The van der Waals surface area contributed by atoms with Crippen LogP contribution in [0.1, 0.15) is 22.2 Å². The van der Waals surface area contributed by atoms with E-state index in [9.17, 15) is 9.18 Å². The molecule has 0 aliphatic carbocycles. The first-order valence-electron chi connectivity index (χ1n) is 13.5. The van der Waals surface area contributed by atoms with Gasteiger partial charge in [-0.3, -0.25) is 0 Å². The Morgan fingerprint density at radius 3 is 2.14 bits per heavy atom. The van der Waals surface area contributed by atoms with Crippen LogP contribution in [0.3, 0.4) is 0 Å². The van der Waals surface area contributed by atoms with Gasteiger partial charge in [0.05, 0.1) is 12.2 Å². The molecule has 42 heavy (non-hydrogen) atoms. The van der Waals surface area contributed by atoms with E-state index < -0.39 is 51.0 Å². The Morgan fingerprint density at radius 2 is 1.50 bits per heavy atom. The van der Waals surface area contributed by atoms with Crippen LogP contribution in [0.15, 0.2) is 126 Å². The van der Waals surface area contributed by atoms with Gasteiger partial charge in [0.2, 0.25) is 6.29 Å². The Morgan fingerprint density at radius 1 is 0.857 bits per heavy atom. The van der Waals surface area contributed by atoms with E-state index in [1.165, 1.54) is 18.2 Å². The third-order valence-corrected chi connectivity index (χ3v) is 11.7. The van der Waals surface area contributed by atoms with Gasteiger partial charge in [-0.2, -0.15) is 0 Å². The van der Waals surface area contributed by atoms with E-state index in [2.05, 4.69) is 22.5 Å². The first-order chi connectivity index (χ1) is 20.5. The molecule has 2 saturated heterocycles. The van der Waals surface area contributed by atoms with Gasteiger partial charge in [0.1, 0.15) is 18.0 Å². The highest BCUT2D eigenvalue weighted by Crippen LogP contribution is 2.42. The Hall–Kier alpha value is -3.44. The van der Waals surface area contributed by atoms with Crippen molar-refractivity contribution in [3.63, 3.8) is 0 Å². The Bertz CT molecular complexity index is 1520. The van der Waals surface area contributed by atoms with E-state index in [0.717, 1.165) is 26.5 Å². The number of ether oxygens (including phenoxy) is 4. The highest BCUT2D eigenvalue weighted by molar-refractivity contribution is 9.10. The fourth-order valence-electron chi connectivity index (χ4n) is 5.36. The van der Waals surface area contributed by atoms with Crippen molar-refractivity contribution in [1.82, 2.24) is 0 Å². The van der Waals surface area contributed by atoms with Crippen molar-refractivity contribution in [1.29, 1.82) is 0 Å². The van der Waals surface area contributed by atoms with Crippen LogP contribution < -0.4 is 10.4 Å². The topological polar surface area (TPSA) is 63.2 Å². The molecule has 214 valence electrons. The van der Waals surface area contributed by atoms with Crippen molar-refractivity contribution < 1.29 is 32.6 Å². The van der Waals surface area contributed by atoms with Gasteiger partial charge in [-0.25, -0.2) is 9.18 Å². The molecular weight excluding hydrogens is 619 g/mol. The Kier molecular flexibility index (Phi) is 8.48. The third-order valence-electron chi connectivity index (χ3n) is 7.44. The minimum Gasteiger partial charge on any atom is -0.429 e. The maximum absolute atomic E-state index is 13.8. The van der Waals surface area contributed by atoms with Crippen LogP contribution in [0.4, 0.5) is 4.39 Å². The van der Waals surface area contributed by atoms with E-state index in [4.69, 9.17) is 23.4 Å². The summed E-state index contributed by atoms with van der Waals surface area (Å²) in [6.07, 6.45) is -3.79. The fraction of sp³-hybridized carbons (Fsp3) is 0.182. The summed E-state index contributed by atoms with van der Waals surface area (Å²) in [7, 11) is -2.91. The molecule has 0 saturated carbocycles. The largest absolute Gasteiger partial charge is 0.429 e. The Balaban J connectivity index is 1.29. The molecule has 0 N–H and O–H groups in total.